The highest BCUT2D eigenvalue weighted by atomic mass is 35.5. The molecule has 0 aliphatic carbocycles. The molecule has 18 heteroatoms. The molecule has 0 aliphatic heterocycles. The standard InChI is InChI=1S/C6H6F3N3.C5H2ClF3N2.C5H3F3N2O/c1-10-5-3-2-4(11-12-5)6(7,8)9;6-4-2-1-3(10-11-4)5(7,8)9;6-5(7,8)3-1-2-4(11)10-9-3/h2-3H,1H3,(H,10,12);1-2H;1-2H,(H,10,11). The van der Waals surface area contributed by atoms with Crippen molar-refractivity contribution in [3.8, 4) is 0 Å². The smallest absolute Gasteiger partial charge is 0.372 e. The zero-order chi connectivity index (χ0) is 26.2. The van der Waals surface area contributed by atoms with Crippen LogP contribution < -0.4 is 10.9 Å². The minimum atomic E-state index is -4.50. The summed E-state index contributed by atoms with van der Waals surface area (Å²) in [5.41, 5.74) is -3.78. The van der Waals surface area contributed by atoms with E-state index in [4.69, 9.17) is 11.6 Å². The molecule has 34 heavy (non-hydrogen) atoms. The number of hydrogen-bond acceptors (Lipinski definition) is 7. The summed E-state index contributed by atoms with van der Waals surface area (Å²) in [6.45, 7) is 0. The van der Waals surface area contributed by atoms with Crippen LogP contribution in [0.2, 0.25) is 5.15 Å². The quantitative estimate of drug-likeness (QED) is 0.453. The predicted octanol–water partition coefficient (Wildman–Crippen LogP) is 4.47. The van der Waals surface area contributed by atoms with Crippen LogP contribution in [0, 0.1) is 0 Å². The minimum Gasteiger partial charge on any atom is -0.372 e. The van der Waals surface area contributed by atoms with Gasteiger partial charge in [0.05, 0.1) is 0 Å². The molecule has 0 fully saturated rings. The summed E-state index contributed by atoms with van der Waals surface area (Å²) < 4.78 is 106. The molecule has 3 aromatic rings. The largest absolute Gasteiger partial charge is 0.435 e. The maximum atomic E-state index is 11.9. The molecule has 0 aromatic carbocycles. The van der Waals surface area contributed by atoms with Crippen LogP contribution in [-0.2, 0) is 18.5 Å². The second kappa shape index (κ2) is 11.6. The van der Waals surface area contributed by atoms with Crippen molar-refractivity contribution in [2.24, 2.45) is 0 Å². The monoisotopic (exact) mass is 523 g/mol. The Labute approximate surface area is 188 Å². The number of anilines is 1. The third kappa shape index (κ3) is 9.97. The number of rotatable bonds is 1. The van der Waals surface area contributed by atoms with Crippen molar-refractivity contribution in [3.63, 3.8) is 0 Å². The number of nitrogens with one attached hydrogen (secondary N) is 2. The second-order valence-corrected chi connectivity index (χ2v) is 5.98. The second-order valence-electron chi connectivity index (χ2n) is 5.59. The van der Waals surface area contributed by atoms with E-state index in [0.717, 1.165) is 24.3 Å². The summed E-state index contributed by atoms with van der Waals surface area (Å²) in [5, 5.41) is 19.1. The number of aromatic nitrogens is 6. The zero-order valence-corrected chi connectivity index (χ0v) is 17.1. The molecule has 0 unspecified atom stereocenters. The van der Waals surface area contributed by atoms with Crippen LogP contribution in [-0.4, -0.2) is 37.6 Å². The van der Waals surface area contributed by atoms with Crippen LogP contribution in [0.4, 0.5) is 45.3 Å². The van der Waals surface area contributed by atoms with Gasteiger partial charge in [-0.3, -0.25) is 4.79 Å². The number of nitrogens with zero attached hydrogens (tertiary/aromatic N) is 5. The van der Waals surface area contributed by atoms with Crippen molar-refractivity contribution >= 4 is 17.4 Å². The fourth-order valence-corrected chi connectivity index (χ4v) is 1.69. The average Bonchev–Trinajstić information content (AvgIpc) is 2.73. The van der Waals surface area contributed by atoms with Crippen LogP contribution in [0.1, 0.15) is 17.1 Å². The van der Waals surface area contributed by atoms with Gasteiger partial charge < -0.3 is 5.32 Å². The van der Waals surface area contributed by atoms with Crippen LogP contribution >= 0.6 is 11.6 Å². The highest BCUT2D eigenvalue weighted by Crippen LogP contribution is 2.28. The Morgan fingerprint density at radius 3 is 1.50 bits per heavy atom. The predicted molar refractivity (Wildman–Crippen MR) is 98.5 cm³/mol. The van der Waals surface area contributed by atoms with Crippen LogP contribution in [0.5, 0.6) is 0 Å². The Kier molecular flexibility index (Phi) is 9.71. The first-order chi connectivity index (χ1) is 15.5. The van der Waals surface area contributed by atoms with Gasteiger partial charge in [0.2, 0.25) is 0 Å². The van der Waals surface area contributed by atoms with Gasteiger partial charge in [-0.1, -0.05) is 11.6 Å². The first-order valence-electron chi connectivity index (χ1n) is 8.32. The van der Waals surface area contributed by atoms with Crippen molar-refractivity contribution in [1.29, 1.82) is 0 Å². The molecule has 0 radical (unpaired) electrons. The minimum absolute atomic E-state index is 0.0574. The van der Waals surface area contributed by atoms with E-state index in [2.05, 4.69) is 30.8 Å². The molecule has 8 nitrogen and oxygen atoms in total. The van der Waals surface area contributed by atoms with Gasteiger partial charge in [-0.2, -0.15) is 44.6 Å². The Balaban J connectivity index is 0.000000255. The maximum absolute atomic E-state index is 11.9. The van der Waals surface area contributed by atoms with E-state index in [-0.39, 0.29) is 5.15 Å². The number of alkyl halides is 9. The molecular formula is C16H11ClF9N7O. The van der Waals surface area contributed by atoms with Gasteiger partial charge in [-0.15, -0.1) is 20.4 Å². The first kappa shape index (κ1) is 28.5. The Morgan fingerprint density at radius 1 is 0.706 bits per heavy atom. The lowest BCUT2D eigenvalue weighted by Crippen LogP contribution is -2.14. The Morgan fingerprint density at radius 2 is 1.18 bits per heavy atom. The molecular weight excluding hydrogens is 513 g/mol. The third-order valence-electron chi connectivity index (χ3n) is 3.10. The van der Waals surface area contributed by atoms with Gasteiger partial charge in [0.25, 0.3) is 5.56 Å². The van der Waals surface area contributed by atoms with Crippen LogP contribution in [0.25, 0.3) is 0 Å². The van der Waals surface area contributed by atoms with Gasteiger partial charge >= 0.3 is 18.5 Å². The fourth-order valence-electron chi connectivity index (χ4n) is 1.59. The lowest BCUT2D eigenvalue weighted by atomic mass is 10.4. The summed E-state index contributed by atoms with van der Waals surface area (Å²) in [6, 6.07) is 5.30. The molecule has 2 N–H and O–H groups in total. The number of halogens is 10. The summed E-state index contributed by atoms with van der Waals surface area (Å²) in [7, 11) is 1.55. The van der Waals surface area contributed by atoms with Crippen LogP contribution in [0.15, 0.2) is 41.2 Å². The summed E-state index contributed by atoms with van der Waals surface area (Å²) in [5.74, 6) is 0.308. The fraction of sp³-hybridized carbons (Fsp3) is 0.250. The van der Waals surface area contributed by atoms with E-state index in [1.54, 1.807) is 12.1 Å². The SMILES string of the molecule is CNc1ccc(C(F)(F)F)nn1.FC(F)(F)c1ccc(Cl)nn1.O=c1ccc(C(F)(F)F)n[nH]1. The van der Waals surface area contributed by atoms with Gasteiger partial charge in [0.1, 0.15) is 5.82 Å². The third-order valence-corrected chi connectivity index (χ3v) is 3.30. The van der Waals surface area contributed by atoms with Crippen molar-refractivity contribution in [1.82, 2.24) is 30.6 Å². The summed E-state index contributed by atoms with van der Waals surface area (Å²) in [4.78, 5) is 10.3. The van der Waals surface area contributed by atoms with E-state index in [1.165, 1.54) is 6.07 Å². The number of hydrogen-bond donors (Lipinski definition) is 2. The zero-order valence-electron chi connectivity index (χ0n) is 16.4. The van der Waals surface area contributed by atoms with E-state index >= 15 is 0 Å². The topological polar surface area (TPSA) is 109 Å². The Bertz CT molecular complexity index is 1060. The van der Waals surface area contributed by atoms with Crippen molar-refractivity contribution < 1.29 is 39.5 Å². The van der Waals surface area contributed by atoms with Gasteiger partial charge in [-0.25, -0.2) is 5.10 Å². The van der Waals surface area contributed by atoms with E-state index in [1.807, 2.05) is 0 Å². The molecule has 0 saturated carbocycles. The highest BCUT2D eigenvalue weighted by molar-refractivity contribution is 6.29. The lowest BCUT2D eigenvalue weighted by Gasteiger charge is -2.04. The molecule has 0 spiro atoms. The molecule has 3 rings (SSSR count). The summed E-state index contributed by atoms with van der Waals surface area (Å²) >= 11 is 5.22. The maximum Gasteiger partial charge on any atom is 0.435 e. The average molecular weight is 524 g/mol. The molecule has 0 saturated heterocycles. The van der Waals surface area contributed by atoms with Crippen molar-refractivity contribution in [2.45, 2.75) is 18.5 Å². The van der Waals surface area contributed by atoms with Crippen molar-refractivity contribution in [2.75, 3.05) is 12.4 Å². The molecule has 3 heterocycles. The highest BCUT2D eigenvalue weighted by Gasteiger charge is 2.34. The summed E-state index contributed by atoms with van der Waals surface area (Å²) in [6.07, 6.45) is -13.4. The molecule has 0 aliphatic rings. The van der Waals surface area contributed by atoms with Gasteiger partial charge in [0.15, 0.2) is 22.2 Å². The molecule has 0 atom stereocenters. The lowest BCUT2D eigenvalue weighted by molar-refractivity contribution is -0.142. The Hall–Kier alpha value is -3.50. The van der Waals surface area contributed by atoms with E-state index in [0.29, 0.717) is 11.9 Å². The van der Waals surface area contributed by atoms with Crippen molar-refractivity contribution in [3.05, 3.63) is 69.0 Å². The molecule has 0 bridgehead atoms. The van der Waals surface area contributed by atoms with E-state index in [9.17, 15) is 44.3 Å². The normalized spacial score (nSPS) is 11.5. The van der Waals surface area contributed by atoms with Gasteiger partial charge in [-0.05, 0) is 30.3 Å². The number of aromatic amines is 1. The molecule has 3 aromatic heterocycles. The van der Waals surface area contributed by atoms with Gasteiger partial charge in [0, 0.05) is 13.1 Å². The first-order valence-corrected chi connectivity index (χ1v) is 8.70. The van der Waals surface area contributed by atoms with E-state index < -0.39 is 41.2 Å². The number of H-pyrrole nitrogens is 1. The molecule has 0 amide bonds. The van der Waals surface area contributed by atoms with Crippen LogP contribution in [0.3, 0.4) is 0 Å². The molecule has 186 valence electrons.